The van der Waals surface area contributed by atoms with Crippen molar-refractivity contribution in [3.8, 4) is 11.5 Å². The summed E-state index contributed by atoms with van der Waals surface area (Å²) < 4.78 is 10.6. The topological polar surface area (TPSA) is 91.4 Å². The predicted octanol–water partition coefficient (Wildman–Crippen LogP) is 2.63. The maximum atomic E-state index is 12.9. The average molecular weight is 487 g/mol. The smallest absolute Gasteiger partial charge is 0.325 e. The first-order valence-electron chi connectivity index (χ1n) is 12.7. The molecule has 0 spiro atoms. The minimum absolute atomic E-state index is 0.0262. The molecule has 4 rings (SSSR count). The van der Waals surface area contributed by atoms with Crippen molar-refractivity contribution in [1.82, 2.24) is 20.0 Å². The van der Waals surface area contributed by atoms with E-state index in [1.165, 1.54) is 50.1 Å². The van der Waals surface area contributed by atoms with E-state index in [1.807, 2.05) is 11.9 Å². The zero-order valence-corrected chi connectivity index (χ0v) is 21.1. The highest BCUT2D eigenvalue weighted by Gasteiger charge is 2.38. The molecule has 0 bridgehead atoms. The molecule has 192 valence electrons. The number of imide groups is 1. The summed E-state index contributed by atoms with van der Waals surface area (Å²) in [6.45, 7) is 3.26. The summed E-state index contributed by atoms with van der Waals surface area (Å²) >= 11 is 0. The van der Waals surface area contributed by atoms with Gasteiger partial charge in [0.05, 0.1) is 20.8 Å². The Morgan fingerprint density at radius 2 is 1.86 bits per heavy atom. The molecule has 9 heteroatoms. The summed E-state index contributed by atoms with van der Waals surface area (Å²) in [5.74, 6) is 1.36. The molecule has 0 saturated carbocycles. The van der Waals surface area contributed by atoms with Gasteiger partial charge in [-0.05, 0) is 68.8 Å². The van der Waals surface area contributed by atoms with Crippen molar-refractivity contribution in [2.75, 3.05) is 40.9 Å². The fourth-order valence-electron chi connectivity index (χ4n) is 5.79. The third kappa shape index (κ3) is 5.72. The van der Waals surface area contributed by atoms with Gasteiger partial charge in [0, 0.05) is 26.1 Å². The van der Waals surface area contributed by atoms with Crippen LogP contribution in [0, 0.1) is 5.92 Å². The van der Waals surface area contributed by atoms with Gasteiger partial charge < -0.3 is 24.6 Å². The summed E-state index contributed by atoms with van der Waals surface area (Å²) in [6.07, 6.45) is 6.68. The van der Waals surface area contributed by atoms with Gasteiger partial charge in [0.2, 0.25) is 5.91 Å². The summed E-state index contributed by atoms with van der Waals surface area (Å²) in [5, 5.41) is 2.74. The van der Waals surface area contributed by atoms with Gasteiger partial charge in [-0.15, -0.1) is 0 Å². The number of piperidine rings is 2. The summed E-state index contributed by atoms with van der Waals surface area (Å²) in [6, 6.07) is 4.78. The Kier molecular flexibility index (Phi) is 8.15. The van der Waals surface area contributed by atoms with Gasteiger partial charge in [-0.2, -0.15) is 0 Å². The van der Waals surface area contributed by atoms with Gasteiger partial charge in [0.1, 0.15) is 6.04 Å². The molecule has 3 atom stereocenters. The van der Waals surface area contributed by atoms with Crippen LogP contribution in [0.15, 0.2) is 18.2 Å². The van der Waals surface area contributed by atoms with Crippen LogP contribution < -0.4 is 14.8 Å². The summed E-state index contributed by atoms with van der Waals surface area (Å²) in [4.78, 5) is 43.9. The van der Waals surface area contributed by atoms with Crippen LogP contribution in [-0.4, -0.2) is 85.5 Å². The quantitative estimate of drug-likeness (QED) is 0.540. The van der Waals surface area contributed by atoms with Crippen molar-refractivity contribution in [3.05, 3.63) is 23.8 Å². The molecule has 3 heterocycles. The van der Waals surface area contributed by atoms with Crippen LogP contribution >= 0.6 is 0 Å². The second kappa shape index (κ2) is 11.3. The predicted molar refractivity (Wildman–Crippen MR) is 131 cm³/mol. The number of amides is 4. The van der Waals surface area contributed by atoms with E-state index in [1.54, 1.807) is 32.4 Å². The number of nitrogens with one attached hydrogen (secondary N) is 1. The Balaban J connectivity index is 1.28. The van der Waals surface area contributed by atoms with Crippen LogP contribution in [0.4, 0.5) is 4.79 Å². The van der Waals surface area contributed by atoms with Crippen LogP contribution in [-0.2, 0) is 16.1 Å². The Bertz CT molecular complexity index is 936. The molecular weight excluding hydrogens is 448 g/mol. The zero-order chi connectivity index (χ0) is 24.9. The minimum Gasteiger partial charge on any atom is -0.493 e. The number of fused-ring (bicyclic) bond motifs is 1. The minimum atomic E-state index is -0.677. The van der Waals surface area contributed by atoms with Crippen molar-refractivity contribution in [2.45, 2.75) is 63.6 Å². The van der Waals surface area contributed by atoms with E-state index in [0.29, 0.717) is 29.9 Å². The van der Waals surface area contributed by atoms with E-state index in [4.69, 9.17) is 9.47 Å². The highest BCUT2D eigenvalue weighted by atomic mass is 16.5. The highest BCUT2D eigenvalue weighted by Crippen LogP contribution is 2.32. The number of carbonyl (C=O) groups is 3. The molecule has 1 aromatic rings. The SMILES string of the molecule is COc1ccc(CN2C(=O)N[C@H](CCC(=O)N(C)C[C@H]3CCCN4CCCC[C@H]34)C2=O)cc1OC. The fourth-order valence-corrected chi connectivity index (χ4v) is 5.79. The van der Waals surface area contributed by atoms with Gasteiger partial charge in [0.25, 0.3) is 5.91 Å². The molecule has 0 unspecified atom stereocenters. The number of nitrogens with zero attached hydrogens (tertiary/aromatic N) is 3. The molecule has 0 aliphatic carbocycles. The number of ether oxygens (including phenoxy) is 2. The second-order valence-electron chi connectivity index (χ2n) is 9.93. The molecule has 1 aromatic carbocycles. The van der Waals surface area contributed by atoms with Crippen LogP contribution in [0.1, 0.15) is 50.5 Å². The number of benzene rings is 1. The Morgan fingerprint density at radius 1 is 1.09 bits per heavy atom. The van der Waals surface area contributed by atoms with E-state index in [0.717, 1.165) is 12.1 Å². The third-order valence-corrected chi connectivity index (χ3v) is 7.71. The first kappa shape index (κ1) is 25.3. The lowest BCUT2D eigenvalue weighted by Crippen LogP contribution is -2.51. The van der Waals surface area contributed by atoms with Gasteiger partial charge >= 0.3 is 6.03 Å². The first-order chi connectivity index (χ1) is 16.9. The second-order valence-corrected chi connectivity index (χ2v) is 9.93. The van der Waals surface area contributed by atoms with Gasteiger partial charge in [-0.1, -0.05) is 12.5 Å². The van der Waals surface area contributed by atoms with Crippen LogP contribution in [0.25, 0.3) is 0 Å². The largest absolute Gasteiger partial charge is 0.493 e. The fraction of sp³-hybridized carbons (Fsp3) is 0.654. The summed E-state index contributed by atoms with van der Waals surface area (Å²) in [5.41, 5.74) is 0.756. The molecule has 0 aromatic heterocycles. The Hall–Kier alpha value is -2.81. The zero-order valence-electron chi connectivity index (χ0n) is 21.1. The molecule has 3 aliphatic rings. The van der Waals surface area contributed by atoms with E-state index < -0.39 is 12.1 Å². The Morgan fingerprint density at radius 3 is 2.63 bits per heavy atom. The van der Waals surface area contributed by atoms with Crippen molar-refractivity contribution < 1.29 is 23.9 Å². The molecule has 9 nitrogen and oxygen atoms in total. The molecule has 3 aliphatic heterocycles. The molecular formula is C26H38N4O5. The van der Waals surface area contributed by atoms with E-state index in [-0.39, 0.29) is 24.8 Å². The highest BCUT2D eigenvalue weighted by molar-refractivity contribution is 6.04. The lowest BCUT2D eigenvalue weighted by atomic mass is 9.83. The van der Waals surface area contributed by atoms with Crippen molar-refractivity contribution >= 4 is 17.8 Å². The number of carbonyl (C=O) groups excluding carboxylic acids is 3. The molecule has 0 radical (unpaired) electrons. The number of methoxy groups -OCH3 is 2. The molecule has 3 saturated heterocycles. The van der Waals surface area contributed by atoms with E-state index in [2.05, 4.69) is 10.2 Å². The monoisotopic (exact) mass is 486 g/mol. The number of hydrogen-bond donors (Lipinski definition) is 1. The standard InChI is InChI=1S/C26H38N4O5/c1-28(17-19-7-6-14-29-13-5-4-8-21(19)29)24(31)12-10-20-25(32)30(26(33)27-20)16-18-9-11-22(34-2)23(15-18)35-3/h9,11,15,19-21H,4-8,10,12-14,16-17H2,1-3H3,(H,27,33)/t19-,20-,21-/m1/s1. The lowest BCUT2D eigenvalue weighted by Gasteiger charge is -2.45. The third-order valence-electron chi connectivity index (χ3n) is 7.71. The van der Waals surface area contributed by atoms with E-state index >= 15 is 0 Å². The van der Waals surface area contributed by atoms with Gasteiger partial charge in [-0.25, -0.2) is 4.79 Å². The molecule has 1 N–H and O–H groups in total. The van der Waals surface area contributed by atoms with Crippen molar-refractivity contribution in [2.24, 2.45) is 5.92 Å². The normalized spacial score (nSPS) is 24.7. The van der Waals surface area contributed by atoms with Gasteiger partial charge in [-0.3, -0.25) is 14.5 Å². The average Bonchev–Trinajstić information content (AvgIpc) is 3.14. The van der Waals surface area contributed by atoms with Crippen LogP contribution in [0.5, 0.6) is 11.5 Å². The van der Waals surface area contributed by atoms with Crippen LogP contribution in [0.3, 0.4) is 0 Å². The summed E-state index contributed by atoms with van der Waals surface area (Å²) in [7, 11) is 4.96. The first-order valence-corrected chi connectivity index (χ1v) is 12.7. The van der Waals surface area contributed by atoms with Crippen molar-refractivity contribution in [1.29, 1.82) is 0 Å². The Labute approximate surface area is 207 Å². The molecule has 35 heavy (non-hydrogen) atoms. The lowest BCUT2D eigenvalue weighted by molar-refractivity contribution is -0.132. The van der Waals surface area contributed by atoms with Gasteiger partial charge in [0.15, 0.2) is 11.5 Å². The van der Waals surface area contributed by atoms with Crippen LogP contribution in [0.2, 0.25) is 0 Å². The molecule has 4 amide bonds. The van der Waals surface area contributed by atoms with E-state index in [9.17, 15) is 14.4 Å². The maximum Gasteiger partial charge on any atom is 0.325 e. The number of urea groups is 1. The molecule has 3 fully saturated rings. The number of hydrogen-bond acceptors (Lipinski definition) is 6. The maximum absolute atomic E-state index is 12.9. The van der Waals surface area contributed by atoms with Crippen molar-refractivity contribution in [3.63, 3.8) is 0 Å². The number of rotatable bonds is 9.